The molecule has 2 aliphatic heterocycles. The molecule has 6 rings (SSSR count). The van der Waals surface area contributed by atoms with E-state index in [-0.39, 0.29) is 42.8 Å². The predicted molar refractivity (Wildman–Crippen MR) is 152 cm³/mol. The summed E-state index contributed by atoms with van der Waals surface area (Å²) in [7, 11) is 0. The number of imide groups is 2. The van der Waals surface area contributed by atoms with Crippen LogP contribution in [0.3, 0.4) is 0 Å². The maximum Gasteiger partial charge on any atom is 0.241 e. The number of anilines is 1. The Kier molecular flexibility index (Phi) is 6.45. The van der Waals surface area contributed by atoms with Gasteiger partial charge >= 0.3 is 0 Å². The molecule has 2 aromatic rings. The molecule has 3 fully saturated rings. The van der Waals surface area contributed by atoms with Gasteiger partial charge in [-0.05, 0) is 76.3 Å². The zero-order valence-corrected chi connectivity index (χ0v) is 23.9. The van der Waals surface area contributed by atoms with Crippen molar-refractivity contribution in [3.05, 3.63) is 71.8 Å². The van der Waals surface area contributed by atoms with Crippen molar-refractivity contribution in [2.45, 2.75) is 52.0 Å². The first-order valence-electron chi connectivity index (χ1n) is 14.3. The number of ether oxygens (including phenoxy) is 1. The number of aliphatic hydroxyl groups is 1. The van der Waals surface area contributed by atoms with E-state index in [4.69, 9.17) is 9.84 Å². The number of nitrogens with zero attached hydrogens (tertiary/aromatic N) is 2. The molecule has 8 heteroatoms. The first-order valence-corrected chi connectivity index (χ1v) is 14.3. The van der Waals surface area contributed by atoms with E-state index in [1.54, 1.807) is 36.4 Å². The fourth-order valence-corrected chi connectivity index (χ4v) is 7.80. The van der Waals surface area contributed by atoms with E-state index in [1.807, 2.05) is 45.9 Å². The number of carbonyl (C=O) groups is 4. The Labute approximate surface area is 240 Å². The van der Waals surface area contributed by atoms with Crippen LogP contribution < -0.4 is 9.64 Å². The van der Waals surface area contributed by atoms with Crippen molar-refractivity contribution in [3.63, 3.8) is 0 Å². The van der Waals surface area contributed by atoms with Gasteiger partial charge in [-0.15, -0.1) is 0 Å². The molecule has 0 spiro atoms. The summed E-state index contributed by atoms with van der Waals surface area (Å²) in [5.41, 5.74) is 0.614. The average Bonchev–Trinajstić information content (AvgIpc) is 3.32. The Hall–Kier alpha value is -3.78. The maximum absolute atomic E-state index is 14.4. The molecule has 41 heavy (non-hydrogen) atoms. The molecule has 0 bridgehead atoms. The van der Waals surface area contributed by atoms with Crippen molar-refractivity contribution in [2.75, 3.05) is 18.1 Å². The molecule has 2 heterocycles. The Bertz CT molecular complexity index is 1440. The Morgan fingerprint density at radius 1 is 0.927 bits per heavy atom. The fourth-order valence-electron chi connectivity index (χ4n) is 7.80. The lowest BCUT2D eigenvalue weighted by molar-refractivity contribution is -0.145. The summed E-state index contributed by atoms with van der Waals surface area (Å²) in [6.45, 7) is 7.54. The van der Waals surface area contributed by atoms with Gasteiger partial charge < -0.3 is 9.84 Å². The lowest BCUT2D eigenvalue weighted by Crippen LogP contribution is -2.49. The molecule has 6 atom stereocenters. The number of likely N-dealkylation sites (tertiary alicyclic amines) is 1. The first-order chi connectivity index (χ1) is 19.5. The number of aliphatic hydroxyl groups excluding tert-OH is 1. The van der Waals surface area contributed by atoms with Gasteiger partial charge in [0.15, 0.2) is 0 Å². The van der Waals surface area contributed by atoms with Crippen molar-refractivity contribution in [3.8, 4) is 5.75 Å². The van der Waals surface area contributed by atoms with E-state index in [0.717, 1.165) is 11.1 Å². The number of hydrogen-bond acceptors (Lipinski definition) is 6. The largest absolute Gasteiger partial charge is 0.491 e. The summed E-state index contributed by atoms with van der Waals surface area (Å²) >= 11 is 0. The minimum absolute atomic E-state index is 0.106. The molecular weight excluding hydrogens is 520 g/mol. The highest BCUT2D eigenvalue weighted by atomic mass is 16.5. The van der Waals surface area contributed by atoms with E-state index in [2.05, 4.69) is 6.08 Å². The van der Waals surface area contributed by atoms with Gasteiger partial charge in [-0.2, -0.15) is 0 Å². The molecule has 4 amide bonds. The molecule has 2 saturated heterocycles. The second-order valence-corrected chi connectivity index (χ2v) is 12.8. The van der Waals surface area contributed by atoms with Gasteiger partial charge in [0.2, 0.25) is 23.6 Å². The maximum atomic E-state index is 14.4. The molecule has 2 aliphatic carbocycles. The zero-order chi connectivity index (χ0) is 29.3. The normalized spacial score (nSPS) is 31.1. The number of allylic oxidation sites excluding steroid dienone is 2. The highest BCUT2D eigenvalue weighted by molar-refractivity contribution is 6.24. The summed E-state index contributed by atoms with van der Waals surface area (Å²) in [5, 5.41) is 9.15. The topological polar surface area (TPSA) is 104 Å². The van der Waals surface area contributed by atoms with Gasteiger partial charge in [-0.3, -0.25) is 24.1 Å². The molecular formula is C33H36N2O6. The van der Waals surface area contributed by atoms with E-state index < -0.39 is 34.6 Å². The molecule has 2 aromatic carbocycles. The Morgan fingerprint density at radius 2 is 1.61 bits per heavy atom. The third kappa shape index (κ3) is 3.98. The lowest BCUT2D eigenvalue weighted by atomic mass is 9.51. The van der Waals surface area contributed by atoms with Crippen LogP contribution in [-0.2, 0) is 19.2 Å². The molecule has 8 nitrogen and oxygen atoms in total. The summed E-state index contributed by atoms with van der Waals surface area (Å²) in [4.78, 5) is 58.6. The molecule has 1 N–H and O–H groups in total. The van der Waals surface area contributed by atoms with Crippen molar-refractivity contribution in [2.24, 2.45) is 29.1 Å². The molecule has 4 aliphatic rings. The van der Waals surface area contributed by atoms with Crippen LogP contribution in [0.4, 0.5) is 5.69 Å². The third-order valence-electron chi connectivity index (χ3n) is 9.53. The number of amides is 4. The van der Waals surface area contributed by atoms with Gasteiger partial charge in [-0.25, -0.2) is 4.90 Å². The second-order valence-electron chi connectivity index (χ2n) is 12.8. The standard InChI is InChI=1S/C33H36N2O6/c1-32(2,3)35-28(37)23-15-14-22-24(26(23)30(35)39)18-25-29(38)34(20-8-6-5-7-9-20)31(40)33(25,4)27(22)19-10-12-21(13-11-19)41-17-16-36/h5-14,23-27,36H,15-18H2,1-4H3. The van der Waals surface area contributed by atoms with Gasteiger partial charge in [0, 0.05) is 11.5 Å². The van der Waals surface area contributed by atoms with Crippen LogP contribution in [-0.4, -0.2) is 52.4 Å². The molecule has 0 aromatic heterocycles. The van der Waals surface area contributed by atoms with Crippen molar-refractivity contribution < 1.29 is 29.0 Å². The average molecular weight is 557 g/mol. The predicted octanol–water partition coefficient (Wildman–Crippen LogP) is 4.09. The van der Waals surface area contributed by atoms with E-state index in [0.29, 0.717) is 24.3 Å². The molecule has 214 valence electrons. The van der Waals surface area contributed by atoms with Crippen LogP contribution in [0.15, 0.2) is 66.2 Å². The second kappa shape index (κ2) is 9.65. The molecule has 0 radical (unpaired) electrons. The number of hydrogen-bond donors (Lipinski definition) is 1. The summed E-state index contributed by atoms with van der Waals surface area (Å²) < 4.78 is 5.57. The number of benzene rings is 2. The van der Waals surface area contributed by atoms with E-state index >= 15 is 0 Å². The van der Waals surface area contributed by atoms with Crippen molar-refractivity contribution in [1.29, 1.82) is 0 Å². The SMILES string of the molecule is CC12C(=O)N(c3ccccc3)C(=O)C1CC1C(=CCC3C(=O)N(C(C)(C)C)C(=O)C31)C2c1ccc(OCCO)cc1. The molecule has 1 saturated carbocycles. The van der Waals surface area contributed by atoms with Crippen LogP contribution >= 0.6 is 0 Å². The summed E-state index contributed by atoms with van der Waals surface area (Å²) in [5.74, 6) is -2.74. The van der Waals surface area contributed by atoms with Gasteiger partial charge in [0.05, 0.1) is 35.5 Å². The minimum Gasteiger partial charge on any atom is -0.491 e. The van der Waals surface area contributed by atoms with Gasteiger partial charge in [0.25, 0.3) is 0 Å². The third-order valence-corrected chi connectivity index (χ3v) is 9.53. The highest BCUT2D eigenvalue weighted by Gasteiger charge is 2.67. The summed E-state index contributed by atoms with van der Waals surface area (Å²) in [6.07, 6.45) is 2.82. The van der Waals surface area contributed by atoms with E-state index in [9.17, 15) is 19.2 Å². The van der Waals surface area contributed by atoms with E-state index in [1.165, 1.54) is 9.80 Å². The van der Waals surface area contributed by atoms with Gasteiger partial charge in [-0.1, -0.05) is 42.0 Å². The number of carbonyl (C=O) groups excluding carboxylic acids is 4. The van der Waals surface area contributed by atoms with Crippen molar-refractivity contribution >= 4 is 29.3 Å². The highest BCUT2D eigenvalue weighted by Crippen LogP contribution is 2.63. The lowest BCUT2D eigenvalue weighted by Gasteiger charge is -2.49. The van der Waals surface area contributed by atoms with Crippen LogP contribution in [0.5, 0.6) is 5.75 Å². The van der Waals surface area contributed by atoms with Crippen LogP contribution in [0, 0.1) is 29.1 Å². The molecule has 6 unspecified atom stereocenters. The van der Waals surface area contributed by atoms with Crippen molar-refractivity contribution in [1.82, 2.24) is 4.90 Å². The number of fused-ring (bicyclic) bond motifs is 4. The van der Waals surface area contributed by atoms with Crippen LogP contribution in [0.25, 0.3) is 0 Å². The Morgan fingerprint density at radius 3 is 2.24 bits per heavy atom. The zero-order valence-electron chi connectivity index (χ0n) is 23.9. The number of para-hydroxylation sites is 1. The quantitative estimate of drug-likeness (QED) is 0.440. The minimum atomic E-state index is -1.08. The number of rotatable bonds is 5. The monoisotopic (exact) mass is 556 g/mol. The van der Waals surface area contributed by atoms with Crippen LogP contribution in [0.2, 0.25) is 0 Å². The van der Waals surface area contributed by atoms with Gasteiger partial charge in [0.1, 0.15) is 12.4 Å². The Balaban J connectivity index is 1.48. The smallest absolute Gasteiger partial charge is 0.241 e. The summed E-state index contributed by atoms with van der Waals surface area (Å²) in [6, 6.07) is 16.4. The fraction of sp³-hybridized carbons (Fsp3) is 0.455. The first kappa shape index (κ1) is 27.4. The van der Waals surface area contributed by atoms with Crippen LogP contribution in [0.1, 0.15) is 52.0 Å².